The minimum absolute atomic E-state index is 0.168. The lowest BCUT2D eigenvalue weighted by Crippen LogP contribution is -2.31. The maximum atomic E-state index is 12.8. The monoisotopic (exact) mass is 323 g/mol. The van der Waals surface area contributed by atoms with Crippen molar-refractivity contribution in [1.29, 1.82) is 0 Å². The van der Waals surface area contributed by atoms with Crippen LogP contribution in [0.15, 0.2) is 42.6 Å². The van der Waals surface area contributed by atoms with E-state index >= 15 is 0 Å². The third-order valence-corrected chi connectivity index (χ3v) is 4.04. The highest BCUT2D eigenvalue weighted by Gasteiger charge is 2.26. The zero-order valence-corrected chi connectivity index (χ0v) is 14.0. The molecule has 5 heteroatoms. The van der Waals surface area contributed by atoms with Crippen LogP contribution in [0.25, 0.3) is 0 Å². The van der Waals surface area contributed by atoms with Crippen LogP contribution in [0.2, 0.25) is 0 Å². The smallest absolute Gasteiger partial charge is 0.276 e. The van der Waals surface area contributed by atoms with Gasteiger partial charge in [-0.1, -0.05) is 32.0 Å². The Morgan fingerprint density at radius 2 is 2.04 bits per heavy atom. The molecule has 0 aliphatic carbocycles. The minimum atomic E-state index is -0.179. The Bertz CT molecular complexity index is 771. The second-order valence-electron chi connectivity index (χ2n) is 6.37. The number of fused-ring (bicyclic) bond motifs is 1. The van der Waals surface area contributed by atoms with Gasteiger partial charge < -0.3 is 10.2 Å². The maximum absolute atomic E-state index is 12.8. The summed E-state index contributed by atoms with van der Waals surface area (Å²) in [5, 5.41) is 2.86. The first-order valence-corrected chi connectivity index (χ1v) is 8.20. The number of amides is 2. The first kappa shape index (κ1) is 16.2. The Balaban J connectivity index is 1.79. The molecule has 2 aromatic rings. The molecule has 24 heavy (non-hydrogen) atoms. The van der Waals surface area contributed by atoms with Crippen LogP contribution in [0.4, 0.5) is 5.69 Å². The number of para-hydroxylation sites is 1. The molecule has 1 aliphatic heterocycles. The molecular formula is C19H21N3O2. The Labute approximate surface area is 141 Å². The molecular weight excluding hydrogens is 302 g/mol. The number of hydrogen-bond acceptors (Lipinski definition) is 3. The van der Waals surface area contributed by atoms with E-state index < -0.39 is 0 Å². The summed E-state index contributed by atoms with van der Waals surface area (Å²) in [5.41, 5.74) is 2.85. The SMILES string of the molecule is CC(C)CNC(=O)c1ccnc(C(=O)N2CCc3ccccc32)c1. The number of benzene rings is 1. The molecule has 1 N–H and O–H groups in total. The first-order valence-electron chi connectivity index (χ1n) is 8.20. The number of rotatable bonds is 4. The largest absolute Gasteiger partial charge is 0.352 e. The van der Waals surface area contributed by atoms with Crippen molar-refractivity contribution in [2.45, 2.75) is 20.3 Å². The molecule has 1 aromatic carbocycles. The lowest BCUT2D eigenvalue weighted by Gasteiger charge is -2.17. The van der Waals surface area contributed by atoms with E-state index in [0.29, 0.717) is 30.3 Å². The molecule has 1 aliphatic rings. The number of anilines is 1. The van der Waals surface area contributed by atoms with Crippen LogP contribution in [-0.2, 0) is 6.42 Å². The Morgan fingerprint density at radius 3 is 2.83 bits per heavy atom. The molecule has 1 aromatic heterocycles. The lowest BCUT2D eigenvalue weighted by molar-refractivity contribution is 0.0949. The van der Waals surface area contributed by atoms with Gasteiger partial charge in [0.2, 0.25) is 0 Å². The molecule has 124 valence electrons. The average molecular weight is 323 g/mol. The molecule has 0 saturated heterocycles. The van der Waals surface area contributed by atoms with Crippen LogP contribution >= 0.6 is 0 Å². The molecule has 0 saturated carbocycles. The molecule has 0 fully saturated rings. The summed E-state index contributed by atoms with van der Waals surface area (Å²) in [5.74, 6) is 0.0263. The zero-order chi connectivity index (χ0) is 17.1. The van der Waals surface area contributed by atoms with Crippen LogP contribution in [-0.4, -0.2) is 29.9 Å². The molecule has 5 nitrogen and oxygen atoms in total. The topological polar surface area (TPSA) is 62.3 Å². The quantitative estimate of drug-likeness (QED) is 0.941. The highest BCUT2D eigenvalue weighted by molar-refractivity contribution is 6.07. The second kappa shape index (κ2) is 6.83. The number of aromatic nitrogens is 1. The highest BCUT2D eigenvalue weighted by atomic mass is 16.2. The van der Waals surface area contributed by atoms with Crippen molar-refractivity contribution in [3.63, 3.8) is 0 Å². The standard InChI is InChI=1S/C19H21N3O2/c1-13(2)12-21-18(23)15-7-9-20-16(11-15)19(24)22-10-8-14-5-3-4-6-17(14)22/h3-7,9,11,13H,8,10,12H2,1-2H3,(H,21,23). The molecule has 0 unspecified atom stereocenters. The van der Waals surface area contributed by atoms with Crippen LogP contribution in [0.3, 0.4) is 0 Å². The summed E-state index contributed by atoms with van der Waals surface area (Å²) in [6.07, 6.45) is 2.36. The predicted octanol–water partition coefficient (Wildman–Crippen LogP) is 2.67. The van der Waals surface area contributed by atoms with E-state index in [0.717, 1.165) is 17.7 Å². The molecule has 0 radical (unpaired) electrons. The first-order chi connectivity index (χ1) is 11.6. The van der Waals surface area contributed by atoms with E-state index in [1.807, 2.05) is 38.1 Å². The normalized spacial score (nSPS) is 13.0. The van der Waals surface area contributed by atoms with E-state index in [-0.39, 0.29) is 11.8 Å². The van der Waals surface area contributed by atoms with Crippen molar-refractivity contribution in [1.82, 2.24) is 10.3 Å². The van der Waals surface area contributed by atoms with Gasteiger partial charge >= 0.3 is 0 Å². The van der Waals surface area contributed by atoms with Crippen molar-refractivity contribution in [2.24, 2.45) is 5.92 Å². The van der Waals surface area contributed by atoms with Crippen molar-refractivity contribution >= 4 is 17.5 Å². The van der Waals surface area contributed by atoms with E-state index in [4.69, 9.17) is 0 Å². The number of nitrogens with one attached hydrogen (secondary N) is 1. The fraction of sp³-hybridized carbons (Fsp3) is 0.316. The molecule has 0 spiro atoms. The van der Waals surface area contributed by atoms with Crippen LogP contribution < -0.4 is 10.2 Å². The highest BCUT2D eigenvalue weighted by Crippen LogP contribution is 2.28. The second-order valence-corrected chi connectivity index (χ2v) is 6.37. The van der Waals surface area contributed by atoms with Gasteiger partial charge in [0.1, 0.15) is 5.69 Å². The predicted molar refractivity (Wildman–Crippen MR) is 93.2 cm³/mol. The van der Waals surface area contributed by atoms with Crippen LogP contribution in [0, 0.1) is 5.92 Å². The number of carbonyl (C=O) groups is 2. The fourth-order valence-electron chi connectivity index (χ4n) is 2.78. The van der Waals surface area contributed by atoms with Crippen molar-refractivity contribution in [2.75, 3.05) is 18.0 Å². The third kappa shape index (κ3) is 3.30. The number of carbonyl (C=O) groups excluding carboxylic acids is 2. The number of hydrogen-bond donors (Lipinski definition) is 1. The van der Waals surface area contributed by atoms with Gasteiger partial charge in [-0.15, -0.1) is 0 Å². The molecule has 0 bridgehead atoms. The van der Waals surface area contributed by atoms with Crippen LogP contribution in [0.1, 0.15) is 40.3 Å². The van der Waals surface area contributed by atoms with Gasteiger partial charge in [-0.3, -0.25) is 14.6 Å². The summed E-state index contributed by atoms with van der Waals surface area (Å²) in [7, 11) is 0. The van der Waals surface area contributed by atoms with Crippen molar-refractivity contribution in [3.8, 4) is 0 Å². The average Bonchev–Trinajstić information content (AvgIpc) is 3.03. The van der Waals surface area contributed by atoms with Crippen LogP contribution in [0.5, 0.6) is 0 Å². The summed E-state index contributed by atoms with van der Waals surface area (Å²) < 4.78 is 0. The zero-order valence-electron chi connectivity index (χ0n) is 14.0. The number of pyridine rings is 1. The van der Waals surface area contributed by atoms with Gasteiger partial charge in [-0.25, -0.2) is 0 Å². The lowest BCUT2D eigenvalue weighted by atomic mass is 10.1. The van der Waals surface area contributed by atoms with Gasteiger partial charge in [0.15, 0.2) is 0 Å². The van der Waals surface area contributed by atoms with Crippen molar-refractivity contribution < 1.29 is 9.59 Å². The van der Waals surface area contributed by atoms with E-state index in [1.54, 1.807) is 17.0 Å². The fourth-order valence-corrected chi connectivity index (χ4v) is 2.78. The molecule has 3 rings (SSSR count). The van der Waals surface area contributed by atoms with Gasteiger partial charge in [-0.2, -0.15) is 0 Å². The van der Waals surface area contributed by atoms with Crippen molar-refractivity contribution in [3.05, 3.63) is 59.4 Å². The Kier molecular flexibility index (Phi) is 4.60. The van der Waals surface area contributed by atoms with E-state index in [1.165, 1.54) is 6.20 Å². The number of nitrogens with zero attached hydrogens (tertiary/aromatic N) is 2. The Morgan fingerprint density at radius 1 is 1.25 bits per heavy atom. The van der Waals surface area contributed by atoms with E-state index in [9.17, 15) is 9.59 Å². The third-order valence-electron chi connectivity index (χ3n) is 4.04. The summed E-state index contributed by atoms with van der Waals surface area (Å²) in [6, 6.07) is 11.1. The van der Waals surface area contributed by atoms with Gasteiger partial charge in [0.05, 0.1) is 0 Å². The maximum Gasteiger partial charge on any atom is 0.276 e. The summed E-state index contributed by atoms with van der Waals surface area (Å²) in [6.45, 7) is 5.31. The minimum Gasteiger partial charge on any atom is -0.352 e. The molecule has 2 heterocycles. The summed E-state index contributed by atoms with van der Waals surface area (Å²) in [4.78, 5) is 30.9. The molecule has 0 atom stereocenters. The van der Waals surface area contributed by atoms with Gasteiger partial charge in [0.25, 0.3) is 11.8 Å². The summed E-state index contributed by atoms with van der Waals surface area (Å²) >= 11 is 0. The van der Waals surface area contributed by atoms with Gasteiger partial charge in [-0.05, 0) is 36.1 Å². The van der Waals surface area contributed by atoms with E-state index in [2.05, 4.69) is 10.3 Å². The van der Waals surface area contributed by atoms with Gasteiger partial charge in [0, 0.05) is 30.5 Å². The Hall–Kier alpha value is -2.69. The molecule has 2 amide bonds.